The quantitative estimate of drug-likeness (QED) is 0.394. The molecule has 0 saturated carbocycles. The predicted molar refractivity (Wildman–Crippen MR) is 101 cm³/mol. The molecule has 26 heavy (non-hydrogen) atoms. The SMILES string of the molecule is COCCNCCNC(=O)c1ccc(N2CCC(C)CC2)c([N+](=O)[O-])c1. The van der Waals surface area contributed by atoms with E-state index in [1.165, 1.54) is 6.07 Å². The number of ether oxygens (including phenoxy) is 1. The third kappa shape index (κ3) is 5.67. The molecule has 1 fully saturated rings. The zero-order valence-corrected chi connectivity index (χ0v) is 15.5. The Hall–Kier alpha value is -2.19. The molecule has 0 unspecified atom stereocenters. The van der Waals surface area contributed by atoms with Gasteiger partial charge in [-0.3, -0.25) is 14.9 Å². The van der Waals surface area contributed by atoms with Crippen LogP contribution < -0.4 is 15.5 Å². The summed E-state index contributed by atoms with van der Waals surface area (Å²) in [4.78, 5) is 25.4. The van der Waals surface area contributed by atoms with Crippen molar-refractivity contribution in [3.8, 4) is 0 Å². The third-order valence-corrected chi connectivity index (χ3v) is 4.63. The number of rotatable bonds is 9. The van der Waals surface area contributed by atoms with Crippen molar-refractivity contribution in [2.45, 2.75) is 19.8 Å². The second kappa shape index (κ2) is 10.1. The fourth-order valence-electron chi connectivity index (χ4n) is 2.99. The van der Waals surface area contributed by atoms with Crippen molar-refractivity contribution < 1.29 is 14.5 Å². The number of benzene rings is 1. The van der Waals surface area contributed by atoms with Gasteiger partial charge in [0.2, 0.25) is 0 Å². The molecule has 1 aliphatic heterocycles. The number of hydrogen-bond donors (Lipinski definition) is 2. The minimum Gasteiger partial charge on any atom is -0.383 e. The van der Waals surface area contributed by atoms with Crippen LogP contribution in [0.1, 0.15) is 30.1 Å². The van der Waals surface area contributed by atoms with E-state index in [1.807, 2.05) is 4.90 Å². The van der Waals surface area contributed by atoms with Crippen molar-refractivity contribution >= 4 is 17.3 Å². The fourth-order valence-corrected chi connectivity index (χ4v) is 2.99. The highest BCUT2D eigenvalue weighted by atomic mass is 16.6. The number of nitrogens with zero attached hydrogens (tertiary/aromatic N) is 2. The van der Waals surface area contributed by atoms with Crippen molar-refractivity contribution in [2.75, 3.05) is 51.3 Å². The molecular weight excluding hydrogens is 336 g/mol. The van der Waals surface area contributed by atoms with Gasteiger partial charge < -0.3 is 20.3 Å². The van der Waals surface area contributed by atoms with Gasteiger partial charge in [0.15, 0.2) is 0 Å². The molecule has 1 heterocycles. The van der Waals surface area contributed by atoms with Gasteiger partial charge >= 0.3 is 0 Å². The normalized spacial score (nSPS) is 15.1. The summed E-state index contributed by atoms with van der Waals surface area (Å²) in [7, 11) is 1.63. The summed E-state index contributed by atoms with van der Waals surface area (Å²) in [5.41, 5.74) is 0.896. The number of nitro groups is 1. The highest BCUT2D eigenvalue weighted by Gasteiger charge is 2.24. The average Bonchev–Trinajstić information content (AvgIpc) is 2.64. The molecule has 1 amide bonds. The molecule has 8 heteroatoms. The topological polar surface area (TPSA) is 96.7 Å². The molecule has 0 radical (unpaired) electrons. The van der Waals surface area contributed by atoms with Gasteiger partial charge in [0.25, 0.3) is 11.6 Å². The Bertz CT molecular complexity index is 615. The number of carbonyl (C=O) groups excluding carboxylic acids is 1. The number of carbonyl (C=O) groups is 1. The van der Waals surface area contributed by atoms with Crippen LogP contribution in [0.4, 0.5) is 11.4 Å². The van der Waals surface area contributed by atoms with Crippen LogP contribution in [0.2, 0.25) is 0 Å². The standard InChI is InChI=1S/C18H28N4O4/c1-14-5-10-21(11-6-14)16-4-3-15(13-17(16)22(24)25)18(23)20-8-7-19-9-12-26-2/h3-4,13-14,19H,5-12H2,1-2H3,(H,20,23). The number of hydrogen-bond acceptors (Lipinski definition) is 6. The second-order valence-electron chi connectivity index (χ2n) is 6.63. The lowest BCUT2D eigenvalue weighted by Gasteiger charge is -2.31. The van der Waals surface area contributed by atoms with E-state index in [0.29, 0.717) is 43.4 Å². The molecule has 1 saturated heterocycles. The molecule has 1 aromatic carbocycles. The van der Waals surface area contributed by atoms with E-state index in [1.54, 1.807) is 19.2 Å². The molecule has 0 aromatic heterocycles. The molecule has 2 N–H and O–H groups in total. The molecule has 1 aliphatic rings. The maximum absolute atomic E-state index is 12.2. The first-order valence-electron chi connectivity index (χ1n) is 9.04. The summed E-state index contributed by atoms with van der Waals surface area (Å²) >= 11 is 0. The van der Waals surface area contributed by atoms with Gasteiger partial charge in [-0.15, -0.1) is 0 Å². The van der Waals surface area contributed by atoms with Crippen LogP contribution in [0.3, 0.4) is 0 Å². The van der Waals surface area contributed by atoms with Gasteiger partial charge in [0, 0.05) is 51.5 Å². The first-order chi connectivity index (χ1) is 12.5. The third-order valence-electron chi connectivity index (χ3n) is 4.63. The zero-order chi connectivity index (χ0) is 18.9. The van der Waals surface area contributed by atoms with Crippen LogP contribution in [0.5, 0.6) is 0 Å². The molecule has 0 aliphatic carbocycles. The van der Waals surface area contributed by atoms with Crippen LogP contribution in [0.15, 0.2) is 18.2 Å². The molecule has 0 spiro atoms. The highest BCUT2D eigenvalue weighted by molar-refractivity contribution is 5.95. The minimum absolute atomic E-state index is 0.00887. The Balaban J connectivity index is 1.98. The largest absolute Gasteiger partial charge is 0.383 e. The van der Waals surface area contributed by atoms with Crippen LogP contribution in [-0.2, 0) is 4.74 Å². The predicted octanol–water partition coefficient (Wildman–Crippen LogP) is 1.80. The smallest absolute Gasteiger partial charge is 0.293 e. The first kappa shape index (κ1) is 20.1. The van der Waals surface area contributed by atoms with E-state index >= 15 is 0 Å². The lowest BCUT2D eigenvalue weighted by atomic mass is 9.98. The molecule has 1 aromatic rings. The maximum atomic E-state index is 12.2. The molecule has 8 nitrogen and oxygen atoms in total. The average molecular weight is 364 g/mol. The Morgan fingerprint density at radius 3 is 2.69 bits per heavy atom. The van der Waals surface area contributed by atoms with Gasteiger partial charge in [-0.05, 0) is 30.9 Å². The summed E-state index contributed by atoms with van der Waals surface area (Å²) in [5.74, 6) is 0.341. The summed E-state index contributed by atoms with van der Waals surface area (Å²) in [6, 6.07) is 4.73. The Labute approximate surface area is 154 Å². The lowest BCUT2D eigenvalue weighted by Crippen LogP contribution is -2.34. The molecular formula is C18H28N4O4. The Kier molecular flexibility index (Phi) is 7.80. The van der Waals surface area contributed by atoms with Crippen LogP contribution in [0, 0.1) is 16.0 Å². The van der Waals surface area contributed by atoms with Crippen molar-refractivity contribution in [2.24, 2.45) is 5.92 Å². The first-order valence-corrected chi connectivity index (χ1v) is 9.04. The van der Waals surface area contributed by atoms with Crippen molar-refractivity contribution in [1.29, 1.82) is 0 Å². The van der Waals surface area contributed by atoms with Crippen LogP contribution >= 0.6 is 0 Å². The molecule has 144 valence electrons. The van der Waals surface area contributed by atoms with E-state index in [4.69, 9.17) is 4.74 Å². The Morgan fingerprint density at radius 2 is 2.04 bits per heavy atom. The van der Waals surface area contributed by atoms with Gasteiger partial charge in [0.05, 0.1) is 11.5 Å². The monoisotopic (exact) mass is 364 g/mol. The summed E-state index contributed by atoms with van der Waals surface area (Å²) in [6.07, 6.45) is 2.05. The fraction of sp³-hybridized carbons (Fsp3) is 0.611. The number of piperidine rings is 1. The van der Waals surface area contributed by atoms with E-state index < -0.39 is 4.92 Å². The second-order valence-corrected chi connectivity index (χ2v) is 6.63. The van der Waals surface area contributed by atoms with E-state index in [0.717, 1.165) is 25.9 Å². The van der Waals surface area contributed by atoms with Gasteiger partial charge in [-0.25, -0.2) is 0 Å². The summed E-state index contributed by atoms with van der Waals surface area (Å²) in [6.45, 7) is 6.19. The number of amides is 1. The molecule has 0 atom stereocenters. The van der Waals surface area contributed by atoms with Gasteiger partial charge in [-0.2, -0.15) is 0 Å². The number of nitrogens with one attached hydrogen (secondary N) is 2. The number of anilines is 1. The van der Waals surface area contributed by atoms with Crippen LogP contribution in [0.25, 0.3) is 0 Å². The zero-order valence-electron chi connectivity index (χ0n) is 15.5. The number of nitro benzene ring substituents is 1. The Morgan fingerprint density at radius 1 is 1.31 bits per heavy atom. The summed E-state index contributed by atoms with van der Waals surface area (Å²) < 4.78 is 4.92. The van der Waals surface area contributed by atoms with E-state index in [9.17, 15) is 14.9 Å². The van der Waals surface area contributed by atoms with E-state index in [-0.39, 0.29) is 11.6 Å². The maximum Gasteiger partial charge on any atom is 0.293 e. The van der Waals surface area contributed by atoms with Gasteiger partial charge in [-0.1, -0.05) is 6.92 Å². The summed E-state index contributed by atoms with van der Waals surface area (Å²) in [5, 5.41) is 17.4. The van der Waals surface area contributed by atoms with Crippen molar-refractivity contribution in [3.63, 3.8) is 0 Å². The van der Waals surface area contributed by atoms with Crippen molar-refractivity contribution in [1.82, 2.24) is 10.6 Å². The number of methoxy groups -OCH3 is 1. The molecule has 0 bridgehead atoms. The lowest BCUT2D eigenvalue weighted by molar-refractivity contribution is -0.384. The highest BCUT2D eigenvalue weighted by Crippen LogP contribution is 2.32. The molecule has 2 rings (SSSR count). The van der Waals surface area contributed by atoms with Crippen molar-refractivity contribution in [3.05, 3.63) is 33.9 Å². The van der Waals surface area contributed by atoms with Gasteiger partial charge in [0.1, 0.15) is 5.69 Å². The van der Waals surface area contributed by atoms with E-state index in [2.05, 4.69) is 17.6 Å². The minimum atomic E-state index is -0.406. The van der Waals surface area contributed by atoms with Crippen LogP contribution in [-0.4, -0.2) is 57.3 Å².